The van der Waals surface area contributed by atoms with E-state index in [1.54, 1.807) is 82.8 Å². The number of methoxy groups -OCH3 is 2. The summed E-state index contributed by atoms with van der Waals surface area (Å²) in [5, 5.41) is 16.5. The van der Waals surface area contributed by atoms with Crippen molar-refractivity contribution < 1.29 is 67.0 Å². The Kier molecular flexibility index (Phi) is 30.4. The predicted octanol–water partition coefficient (Wildman–Crippen LogP) is 3.34. The van der Waals surface area contributed by atoms with Crippen molar-refractivity contribution in [3.63, 3.8) is 0 Å². The van der Waals surface area contributed by atoms with Crippen LogP contribution in [0.2, 0.25) is 0 Å². The first-order valence-electron chi connectivity index (χ1n) is 29.4. The summed E-state index contributed by atoms with van der Waals surface area (Å²) in [5.74, 6) is -5.01. The molecule has 84 heavy (non-hydrogen) atoms. The lowest BCUT2D eigenvalue weighted by molar-refractivity contribution is -0.147. The van der Waals surface area contributed by atoms with E-state index in [-0.39, 0.29) is 98.7 Å². The van der Waals surface area contributed by atoms with E-state index in [2.05, 4.69) is 31.9 Å². The molecule has 2 aliphatic heterocycles. The number of nitrogens with zero attached hydrogens (tertiary/aromatic N) is 4. The lowest BCUT2D eigenvalue weighted by atomic mass is 9.89. The monoisotopic (exact) mass is 1180 g/mol. The zero-order valence-electron chi connectivity index (χ0n) is 51.4. The third kappa shape index (κ3) is 22.1. The number of likely N-dealkylation sites (tertiary alicyclic amines) is 1. The molecule has 0 spiro atoms. The van der Waals surface area contributed by atoms with E-state index in [0.717, 1.165) is 22.6 Å². The number of carbonyl (C=O) groups is 11. The van der Waals surface area contributed by atoms with Crippen LogP contribution in [-0.2, 0) is 64.0 Å². The van der Waals surface area contributed by atoms with Gasteiger partial charge in [-0.15, -0.1) is 0 Å². The first kappa shape index (κ1) is 71.1. The molecular weight excluding hydrogens is 1090 g/mol. The van der Waals surface area contributed by atoms with Gasteiger partial charge in [-0.1, -0.05) is 80.4 Å². The first-order valence-corrected chi connectivity index (χ1v) is 29.4. The number of hydrogen-bond acceptors (Lipinski definition) is 14. The number of hydrogen-bond donors (Lipinski definition) is 7. The van der Waals surface area contributed by atoms with Crippen LogP contribution >= 0.6 is 0 Å². The summed E-state index contributed by atoms with van der Waals surface area (Å²) in [7, 11) is 6.07. The van der Waals surface area contributed by atoms with Gasteiger partial charge in [-0.25, -0.2) is 9.59 Å². The molecule has 470 valence electrons. The molecule has 0 unspecified atom stereocenters. The standard InChI is InChI=1S/C59H95N11O14/c1-13-29-61-54(76)39(8)53(83-12)43-21-19-32-69(43)49(75)33-44(82-11)52(38(7)14-2)68(10)57(79)51(37(5)6)66-46(72)34-67(9)59(81)84-35-40-23-25-41(26-24-40)63-55(77)42(20-18-30-62-58(60)80)64-56(78)50(36(3)4)65-45(71)22-16-15-17-31-70-47(73)27-28-48(70)74/h23-28,36-39,42-44,50-53H,13-22,29-35H2,1-12H3,(H,61,76)(H,63,77)(H,64,78)(H,65,71)(H,66,72)(H3,60,62,80)/t38-,39+,42-,43-,44+,50-,51-,52-,53+/m0/s1. The number of carbonyl (C=O) groups excluding carboxylic acids is 11. The van der Waals surface area contributed by atoms with Crippen LogP contribution in [0.15, 0.2) is 36.4 Å². The van der Waals surface area contributed by atoms with Crippen molar-refractivity contribution in [2.75, 3.05) is 66.4 Å². The van der Waals surface area contributed by atoms with Gasteiger partial charge in [-0.05, 0) is 80.4 Å². The Morgan fingerprint density at radius 2 is 1.39 bits per heavy atom. The fraction of sp³-hybridized carbons (Fsp3) is 0.678. The maximum absolute atomic E-state index is 14.4. The van der Waals surface area contributed by atoms with Gasteiger partial charge in [0.05, 0.1) is 36.6 Å². The van der Waals surface area contributed by atoms with Gasteiger partial charge in [0.15, 0.2) is 0 Å². The number of urea groups is 1. The van der Waals surface area contributed by atoms with Gasteiger partial charge in [-0.3, -0.25) is 48.1 Å². The average Bonchev–Trinajstić information content (AvgIpc) is 4.24. The zero-order valence-corrected chi connectivity index (χ0v) is 51.4. The summed E-state index contributed by atoms with van der Waals surface area (Å²) < 4.78 is 17.4. The number of nitrogens with two attached hydrogens (primary N) is 1. The van der Waals surface area contributed by atoms with Crippen LogP contribution in [0.5, 0.6) is 0 Å². The third-order valence-corrected chi connectivity index (χ3v) is 15.4. The fourth-order valence-electron chi connectivity index (χ4n) is 10.3. The van der Waals surface area contributed by atoms with E-state index >= 15 is 0 Å². The van der Waals surface area contributed by atoms with Crippen LogP contribution < -0.4 is 37.6 Å². The third-order valence-electron chi connectivity index (χ3n) is 15.4. The molecule has 2 aliphatic rings. The van der Waals surface area contributed by atoms with Gasteiger partial charge >= 0.3 is 12.1 Å². The second-order valence-electron chi connectivity index (χ2n) is 22.5. The van der Waals surface area contributed by atoms with Crippen molar-refractivity contribution in [1.82, 2.24) is 46.2 Å². The average molecular weight is 1180 g/mol. The summed E-state index contributed by atoms with van der Waals surface area (Å²) in [4.78, 5) is 149. The minimum absolute atomic E-state index is 0.0367. The number of amides is 12. The molecule has 25 heteroatoms. The highest BCUT2D eigenvalue weighted by Crippen LogP contribution is 2.30. The SMILES string of the molecule is CCCNC(=O)[C@H](C)[C@@H](OC)[C@@H]1CCCN1C(=O)C[C@@H](OC)[C@H]([C@@H](C)CC)N(C)C(=O)[C@@H](NC(=O)CN(C)C(=O)OCc1ccc(NC(=O)[C@H](CCCNC(N)=O)NC(=O)[C@@H](NC(=O)CCCCCN2C(=O)C=CC2=O)C(C)C)cc1)C(C)C. The number of nitrogens with one attached hydrogen (secondary N) is 6. The molecule has 0 saturated carbocycles. The van der Waals surface area contributed by atoms with Crippen LogP contribution in [0.25, 0.3) is 0 Å². The van der Waals surface area contributed by atoms with Crippen LogP contribution in [0.1, 0.15) is 132 Å². The Morgan fingerprint density at radius 1 is 0.750 bits per heavy atom. The molecule has 8 N–H and O–H groups in total. The Morgan fingerprint density at radius 3 is 1.98 bits per heavy atom. The normalized spacial score (nSPS) is 16.9. The molecule has 1 aromatic carbocycles. The van der Waals surface area contributed by atoms with E-state index < -0.39 is 84.6 Å². The molecule has 1 aromatic rings. The topological polar surface area (TPSA) is 327 Å². The van der Waals surface area contributed by atoms with Crippen LogP contribution in [0.4, 0.5) is 15.3 Å². The summed E-state index contributed by atoms with van der Waals surface area (Å²) in [6.07, 6.45) is 5.15. The summed E-state index contributed by atoms with van der Waals surface area (Å²) in [5.41, 5.74) is 6.09. The van der Waals surface area contributed by atoms with E-state index in [1.807, 2.05) is 20.8 Å². The predicted molar refractivity (Wildman–Crippen MR) is 314 cm³/mol. The van der Waals surface area contributed by atoms with Gasteiger partial charge in [0.1, 0.15) is 31.3 Å². The minimum atomic E-state index is -1.10. The van der Waals surface area contributed by atoms with Crippen molar-refractivity contribution in [3.05, 3.63) is 42.0 Å². The number of unbranched alkanes of at least 4 members (excludes halogenated alkanes) is 2. The number of imide groups is 1. The molecule has 1 saturated heterocycles. The largest absolute Gasteiger partial charge is 0.445 e. The summed E-state index contributed by atoms with van der Waals surface area (Å²) in [6.45, 7) is 15.6. The second kappa shape index (κ2) is 35.9. The van der Waals surface area contributed by atoms with E-state index in [4.69, 9.17) is 19.9 Å². The van der Waals surface area contributed by atoms with Crippen molar-refractivity contribution in [1.29, 1.82) is 0 Å². The van der Waals surface area contributed by atoms with E-state index in [0.29, 0.717) is 56.4 Å². The molecule has 0 aliphatic carbocycles. The Hall–Kier alpha value is -7.15. The van der Waals surface area contributed by atoms with Gasteiger partial charge in [0.2, 0.25) is 41.4 Å². The molecule has 0 radical (unpaired) electrons. The maximum atomic E-state index is 14.4. The van der Waals surface area contributed by atoms with Crippen LogP contribution in [0, 0.1) is 23.7 Å². The van der Waals surface area contributed by atoms with Gasteiger partial charge in [0, 0.05) is 78.8 Å². The number of likely N-dealkylation sites (N-methyl/N-ethyl adjacent to an activating group) is 2. The quantitative estimate of drug-likeness (QED) is 0.0375. The minimum Gasteiger partial charge on any atom is -0.445 e. The smallest absolute Gasteiger partial charge is 0.410 e. The molecule has 25 nitrogen and oxygen atoms in total. The molecule has 2 heterocycles. The lowest BCUT2D eigenvalue weighted by Gasteiger charge is -2.40. The molecule has 1 fully saturated rings. The van der Waals surface area contributed by atoms with E-state index in [9.17, 15) is 52.7 Å². The number of anilines is 1. The molecule has 9 atom stereocenters. The molecule has 12 amide bonds. The van der Waals surface area contributed by atoms with Gasteiger partial charge < -0.3 is 66.5 Å². The number of benzene rings is 1. The highest BCUT2D eigenvalue weighted by atomic mass is 16.6. The highest BCUT2D eigenvalue weighted by molar-refractivity contribution is 6.12. The molecule has 3 rings (SSSR count). The molecule has 0 aromatic heterocycles. The Balaban J connectivity index is 1.59. The molecule has 0 bridgehead atoms. The van der Waals surface area contributed by atoms with Crippen molar-refractivity contribution in [3.8, 4) is 0 Å². The Labute approximate surface area is 495 Å². The van der Waals surface area contributed by atoms with E-state index in [1.165, 1.54) is 26.3 Å². The summed E-state index contributed by atoms with van der Waals surface area (Å²) >= 11 is 0. The second-order valence-corrected chi connectivity index (χ2v) is 22.5. The lowest BCUT2D eigenvalue weighted by Crippen LogP contribution is -2.58. The van der Waals surface area contributed by atoms with Crippen molar-refractivity contribution in [2.24, 2.45) is 29.4 Å². The highest BCUT2D eigenvalue weighted by Gasteiger charge is 2.43. The zero-order chi connectivity index (χ0) is 62.8. The summed E-state index contributed by atoms with van der Waals surface area (Å²) in [6, 6.07) is 1.60. The van der Waals surface area contributed by atoms with Crippen LogP contribution in [-0.4, -0.2) is 188 Å². The number of ether oxygens (including phenoxy) is 3. The molecular formula is C59H95N11O14. The maximum Gasteiger partial charge on any atom is 0.410 e. The van der Waals surface area contributed by atoms with Gasteiger partial charge in [-0.2, -0.15) is 0 Å². The van der Waals surface area contributed by atoms with Crippen molar-refractivity contribution in [2.45, 2.75) is 175 Å². The van der Waals surface area contributed by atoms with Crippen molar-refractivity contribution >= 4 is 71.0 Å². The number of rotatable bonds is 36. The van der Waals surface area contributed by atoms with Crippen LogP contribution in [0.3, 0.4) is 0 Å². The first-order chi connectivity index (χ1) is 39.8. The fourth-order valence-corrected chi connectivity index (χ4v) is 10.3. The van der Waals surface area contributed by atoms with Gasteiger partial charge in [0.25, 0.3) is 11.8 Å². The number of primary amides is 1. The Bertz CT molecular complexity index is 2400.